The quantitative estimate of drug-likeness (QED) is 0.568. The van der Waals surface area contributed by atoms with Gasteiger partial charge < -0.3 is 9.64 Å². The van der Waals surface area contributed by atoms with Crippen LogP contribution in [0.5, 0.6) is 0 Å². The second-order valence-electron chi connectivity index (χ2n) is 6.53. The Morgan fingerprint density at radius 1 is 1.19 bits per heavy atom. The lowest BCUT2D eigenvalue weighted by Crippen LogP contribution is -2.33. The molecule has 3 heteroatoms. The largest absolute Gasteiger partial charge is 0.464 e. The molecular formula is C18H35NO2. The van der Waals surface area contributed by atoms with Crippen molar-refractivity contribution < 1.29 is 9.53 Å². The van der Waals surface area contributed by atoms with Gasteiger partial charge in [-0.1, -0.05) is 53.4 Å². The van der Waals surface area contributed by atoms with E-state index in [1.807, 2.05) is 0 Å². The molecule has 0 aromatic heterocycles. The summed E-state index contributed by atoms with van der Waals surface area (Å²) in [5.41, 5.74) is 0. The van der Waals surface area contributed by atoms with Gasteiger partial charge in [0, 0.05) is 6.54 Å². The predicted octanol–water partition coefficient (Wildman–Crippen LogP) is 4.11. The molecule has 21 heavy (non-hydrogen) atoms. The van der Waals surface area contributed by atoms with Crippen LogP contribution in [0.25, 0.3) is 0 Å². The average Bonchev–Trinajstić information content (AvgIpc) is 2.98. The van der Waals surface area contributed by atoms with E-state index in [-0.39, 0.29) is 11.9 Å². The lowest BCUT2D eigenvalue weighted by molar-refractivity contribution is -0.153. The Morgan fingerprint density at radius 2 is 1.81 bits per heavy atom. The lowest BCUT2D eigenvalue weighted by atomic mass is 9.79. The Hall–Kier alpha value is -0.570. The van der Waals surface area contributed by atoms with Crippen molar-refractivity contribution >= 4 is 5.97 Å². The van der Waals surface area contributed by atoms with Gasteiger partial charge in [-0.3, -0.25) is 4.79 Å². The summed E-state index contributed by atoms with van der Waals surface area (Å²) in [4.78, 5) is 14.9. The summed E-state index contributed by atoms with van der Waals surface area (Å²) < 4.78 is 5.64. The number of esters is 1. The third kappa shape index (κ3) is 5.98. The van der Waals surface area contributed by atoms with E-state index in [2.05, 4.69) is 32.6 Å². The SMILES string of the molecule is CCCC(C)C(C(=O)OCCN(CC)CC)C1CCCC1. The lowest BCUT2D eigenvalue weighted by Gasteiger charge is -2.28. The highest BCUT2D eigenvalue weighted by atomic mass is 16.5. The summed E-state index contributed by atoms with van der Waals surface area (Å²) in [6.45, 7) is 12.2. The van der Waals surface area contributed by atoms with Crippen molar-refractivity contribution in [3.05, 3.63) is 0 Å². The Bertz CT molecular complexity index is 283. The monoisotopic (exact) mass is 297 g/mol. The van der Waals surface area contributed by atoms with Crippen molar-refractivity contribution in [2.45, 2.75) is 66.2 Å². The Labute approximate surface area is 131 Å². The van der Waals surface area contributed by atoms with Crippen LogP contribution in [0.2, 0.25) is 0 Å². The Kier molecular flexibility index (Phi) is 8.98. The zero-order valence-corrected chi connectivity index (χ0v) is 14.6. The van der Waals surface area contributed by atoms with E-state index in [4.69, 9.17) is 4.74 Å². The number of carbonyl (C=O) groups is 1. The first-order chi connectivity index (χ1) is 10.1. The standard InChI is InChI=1S/C18H35NO2/c1-5-10-15(4)17(16-11-8-9-12-16)18(20)21-14-13-19(6-2)7-3/h15-17H,5-14H2,1-4H3. The predicted molar refractivity (Wildman–Crippen MR) is 88.3 cm³/mol. The second kappa shape index (κ2) is 10.2. The van der Waals surface area contributed by atoms with Gasteiger partial charge in [0.05, 0.1) is 5.92 Å². The first-order valence-corrected chi connectivity index (χ1v) is 9.02. The van der Waals surface area contributed by atoms with Gasteiger partial charge in [0.15, 0.2) is 0 Å². The van der Waals surface area contributed by atoms with Gasteiger partial charge in [-0.25, -0.2) is 0 Å². The fourth-order valence-electron chi connectivity index (χ4n) is 3.75. The van der Waals surface area contributed by atoms with Crippen LogP contribution in [0.1, 0.15) is 66.2 Å². The number of ether oxygens (including phenoxy) is 1. The zero-order valence-electron chi connectivity index (χ0n) is 14.6. The molecule has 1 aliphatic carbocycles. The Balaban J connectivity index is 2.50. The van der Waals surface area contributed by atoms with Gasteiger partial charge in [-0.15, -0.1) is 0 Å². The molecule has 3 nitrogen and oxygen atoms in total. The van der Waals surface area contributed by atoms with Gasteiger partial charge >= 0.3 is 5.97 Å². The number of carbonyl (C=O) groups excluding carboxylic acids is 1. The molecule has 1 saturated carbocycles. The zero-order chi connectivity index (χ0) is 15.7. The van der Waals surface area contributed by atoms with Crippen molar-refractivity contribution in [2.24, 2.45) is 17.8 Å². The molecular weight excluding hydrogens is 262 g/mol. The number of hydrogen-bond donors (Lipinski definition) is 0. The maximum absolute atomic E-state index is 12.6. The fourth-order valence-corrected chi connectivity index (χ4v) is 3.75. The van der Waals surface area contributed by atoms with Crippen LogP contribution in [0.4, 0.5) is 0 Å². The molecule has 0 bridgehead atoms. The fraction of sp³-hybridized carbons (Fsp3) is 0.944. The van der Waals surface area contributed by atoms with Crippen LogP contribution >= 0.6 is 0 Å². The molecule has 1 rings (SSSR count). The first kappa shape index (κ1) is 18.5. The van der Waals surface area contributed by atoms with Gasteiger partial charge in [0.25, 0.3) is 0 Å². The van der Waals surface area contributed by atoms with Crippen molar-refractivity contribution in [2.75, 3.05) is 26.2 Å². The minimum atomic E-state index is 0.0648. The van der Waals surface area contributed by atoms with Gasteiger partial charge in [-0.2, -0.15) is 0 Å². The van der Waals surface area contributed by atoms with Crippen LogP contribution in [0, 0.1) is 17.8 Å². The number of likely N-dealkylation sites (N-methyl/N-ethyl adjacent to an activating group) is 1. The molecule has 0 aromatic rings. The van der Waals surface area contributed by atoms with Crippen LogP contribution in [0.3, 0.4) is 0 Å². The topological polar surface area (TPSA) is 29.5 Å². The Morgan fingerprint density at radius 3 is 2.33 bits per heavy atom. The maximum atomic E-state index is 12.6. The second-order valence-corrected chi connectivity index (χ2v) is 6.53. The molecule has 124 valence electrons. The highest BCUT2D eigenvalue weighted by Gasteiger charge is 2.35. The number of nitrogens with zero attached hydrogens (tertiary/aromatic N) is 1. The summed E-state index contributed by atoms with van der Waals surface area (Å²) in [5.74, 6) is 1.21. The van der Waals surface area contributed by atoms with Crippen molar-refractivity contribution in [3.63, 3.8) is 0 Å². The molecule has 0 amide bonds. The number of hydrogen-bond acceptors (Lipinski definition) is 3. The first-order valence-electron chi connectivity index (χ1n) is 9.02. The summed E-state index contributed by atoms with van der Waals surface area (Å²) in [6, 6.07) is 0. The van der Waals surface area contributed by atoms with Crippen LogP contribution in [0.15, 0.2) is 0 Å². The molecule has 2 unspecified atom stereocenters. The molecule has 1 fully saturated rings. The third-order valence-electron chi connectivity index (χ3n) is 5.08. The van der Waals surface area contributed by atoms with Crippen LogP contribution in [-0.2, 0) is 9.53 Å². The van der Waals surface area contributed by atoms with Crippen LogP contribution < -0.4 is 0 Å². The molecule has 0 saturated heterocycles. The summed E-state index contributed by atoms with van der Waals surface area (Å²) >= 11 is 0. The normalized spacial score (nSPS) is 18.9. The average molecular weight is 297 g/mol. The van der Waals surface area contributed by atoms with E-state index in [0.717, 1.165) is 32.5 Å². The highest BCUT2D eigenvalue weighted by molar-refractivity contribution is 5.73. The van der Waals surface area contributed by atoms with E-state index in [9.17, 15) is 4.79 Å². The molecule has 1 aliphatic rings. The molecule has 2 atom stereocenters. The van der Waals surface area contributed by atoms with Crippen molar-refractivity contribution in [1.82, 2.24) is 4.90 Å². The van der Waals surface area contributed by atoms with E-state index in [1.165, 1.54) is 25.7 Å². The summed E-state index contributed by atoms with van der Waals surface area (Å²) in [6.07, 6.45) is 7.27. The van der Waals surface area contributed by atoms with Gasteiger partial charge in [0.1, 0.15) is 6.61 Å². The summed E-state index contributed by atoms with van der Waals surface area (Å²) in [5, 5.41) is 0. The molecule has 0 aromatic carbocycles. The maximum Gasteiger partial charge on any atom is 0.309 e. The molecule has 0 spiro atoms. The highest BCUT2D eigenvalue weighted by Crippen LogP contribution is 2.37. The smallest absolute Gasteiger partial charge is 0.309 e. The van der Waals surface area contributed by atoms with Crippen molar-refractivity contribution in [1.29, 1.82) is 0 Å². The van der Waals surface area contributed by atoms with E-state index >= 15 is 0 Å². The van der Waals surface area contributed by atoms with Crippen molar-refractivity contribution in [3.8, 4) is 0 Å². The molecule has 0 heterocycles. The minimum absolute atomic E-state index is 0.0648. The molecule has 0 N–H and O–H groups in total. The van der Waals surface area contributed by atoms with Crippen LogP contribution in [-0.4, -0.2) is 37.1 Å². The van der Waals surface area contributed by atoms with E-state index in [0.29, 0.717) is 18.4 Å². The van der Waals surface area contributed by atoms with E-state index in [1.54, 1.807) is 0 Å². The number of rotatable bonds is 10. The van der Waals surface area contributed by atoms with Gasteiger partial charge in [0.2, 0.25) is 0 Å². The molecule has 0 radical (unpaired) electrons. The summed E-state index contributed by atoms with van der Waals surface area (Å²) in [7, 11) is 0. The van der Waals surface area contributed by atoms with Gasteiger partial charge in [-0.05, 0) is 37.8 Å². The minimum Gasteiger partial charge on any atom is -0.464 e. The molecule has 0 aliphatic heterocycles. The van der Waals surface area contributed by atoms with E-state index < -0.39 is 0 Å². The third-order valence-corrected chi connectivity index (χ3v) is 5.08.